The molecule has 0 saturated heterocycles. The number of hydrogen-bond donors (Lipinski definition) is 1. The molecule has 0 saturated carbocycles. The largest absolute Gasteiger partial charge is 0.351 e. The highest BCUT2D eigenvalue weighted by Crippen LogP contribution is 2.28. The second-order valence-corrected chi connectivity index (χ2v) is 8.01. The number of aryl methyl sites for hydroxylation is 3. The third-order valence-electron chi connectivity index (χ3n) is 3.56. The number of carbonyl (C=O) groups is 1. The summed E-state index contributed by atoms with van der Waals surface area (Å²) in [6.45, 7) is 12.3. The third kappa shape index (κ3) is 4.71. The van der Waals surface area contributed by atoms with Crippen molar-refractivity contribution in [3.63, 3.8) is 0 Å². The van der Waals surface area contributed by atoms with Crippen molar-refractivity contribution in [3.8, 4) is 0 Å². The normalized spacial score (nSPS) is 11.7. The Labute approximate surface area is 143 Å². The van der Waals surface area contributed by atoms with Gasteiger partial charge in [-0.15, -0.1) is 0 Å². The zero-order valence-corrected chi connectivity index (χ0v) is 15.7. The van der Waals surface area contributed by atoms with Gasteiger partial charge in [0.2, 0.25) is 5.91 Å². The summed E-state index contributed by atoms with van der Waals surface area (Å²) in [5.41, 5.74) is 4.49. The monoisotopic (exact) mass is 330 g/mol. The van der Waals surface area contributed by atoms with Gasteiger partial charge in [0.1, 0.15) is 5.03 Å². The van der Waals surface area contributed by atoms with Crippen LogP contribution in [0.3, 0.4) is 0 Å². The molecule has 1 N–H and O–H groups in total. The summed E-state index contributed by atoms with van der Waals surface area (Å²) in [6.07, 6.45) is 0.916. The summed E-state index contributed by atoms with van der Waals surface area (Å²) in [5, 5.41) is 5.17. The number of thioether (sulfide) groups is 1. The van der Waals surface area contributed by atoms with Crippen molar-refractivity contribution in [2.24, 2.45) is 0 Å². The maximum Gasteiger partial charge on any atom is 0.230 e. The van der Waals surface area contributed by atoms with Crippen LogP contribution in [-0.2, 0) is 11.2 Å². The van der Waals surface area contributed by atoms with E-state index in [2.05, 4.69) is 44.3 Å². The number of carbonyl (C=O) groups excluding carboxylic acids is 1. The maximum atomic E-state index is 12.0. The fourth-order valence-corrected chi connectivity index (χ4v) is 3.51. The zero-order valence-electron chi connectivity index (χ0n) is 14.9. The predicted molar refractivity (Wildman–Crippen MR) is 99.2 cm³/mol. The Hall–Kier alpha value is -1.55. The Morgan fingerprint density at radius 1 is 1.22 bits per heavy atom. The van der Waals surface area contributed by atoms with Crippen LogP contribution in [0.2, 0.25) is 0 Å². The lowest BCUT2D eigenvalue weighted by Gasteiger charge is -2.20. The number of nitrogens with zero attached hydrogens (tertiary/aromatic N) is 1. The number of fused-ring (bicyclic) bond motifs is 1. The van der Waals surface area contributed by atoms with Gasteiger partial charge in [-0.2, -0.15) is 0 Å². The molecule has 0 radical (unpaired) electrons. The fourth-order valence-electron chi connectivity index (χ4n) is 2.62. The first-order valence-corrected chi connectivity index (χ1v) is 9.03. The van der Waals surface area contributed by atoms with Gasteiger partial charge in [0.15, 0.2) is 0 Å². The van der Waals surface area contributed by atoms with Gasteiger partial charge in [0, 0.05) is 10.9 Å². The van der Waals surface area contributed by atoms with E-state index >= 15 is 0 Å². The van der Waals surface area contributed by atoms with Crippen LogP contribution in [0.5, 0.6) is 0 Å². The molecule has 0 aliphatic carbocycles. The molecule has 0 atom stereocenters. The van der Waals surface area contributed by atoms with Gasteiger partial charge >= 0.3 is 0 Å². The van der Waals surface area contributed by atoms with Gasteiger partial charge in [-0.05, 0) is 69.9 Å². The van der Waals surface area contributed by atoms with Crippen LogP contribution in [0.15, 0.2) is 23.2 Å². The molecule has 3 nitrogen and oxygen atoms in total. The molecule has 1 aromatic heterocycles. The summed E-state index contributed by atoms with van der Waals surface area (Å²) in [4.78, 5) is 16.9. The van der Waals surface area contributed by atoms with Gasteiger partial charge in [-0.3, -0.25) is 4.79 Å². The molecule has 0 spiro atoms. The highest BCUT2D eigenvalue weighted by Gasteiger charge is 2.15. The van der Waals surface area contributed by atoms with Crippen molar-refractivity contribution in [2.45, 2.75) is 58.5 Å². The second-order valence-electron chi connectivity index (χ2n) is 7.04. The number of amides is 1. The highest BCUT2D eigenvalue weighted by molar-refractivity contribution is 7.99. The van der Waals surface area contributed by atoms with E-state index in [0.29, 0.717) is 5.75 Å². The van der Waals surface area contributed by atoms with Gasteiger partial charge < -0.3 is 5.32 Å². The van der Waals surface area contributed by atoms with Crippen LogP contribution >= 0.6 is 11.8 Å². The lowest BCUT2D eigenvalue weighted by Crippen LogP contribution is -2.41. The molecule has 124 valence electrons. The number of benzene rings is 1. The number of rotatable bonds is 4. The molecular formula is C19H26N2OS. The van der Waals surface area contributed by atoms with Crippen molar-refractivity contribution < 1.29 is 4.79 Å². The van der Waals surface area contributed by atoms with Crippen molar-refractivity contribution in [3.05, 3.63) is 34.9 Å². The fraction of sp³-hybridized carbons (Fsp3) is 0.474. The first-order chi connectivity index (χ1) is 10.7. The smallest absolute Gasteiger partial charge is 0.230 e. The molecule has 0 aliphatic heterocycles. The first-order valence-electron chi connectivity index (χ1n) is 8.04. The van der Waals surface area contributed by atoms with Crippen LogP contribution in [0, 0.1) is 13.8 Å². The number of pyridine rings is 1. The minimum atomic E-state index is -0.198. The van der Waals surface area contributed by atoms with E-state index in [1.54, 1.807) is 0 Å². The summed E-state index contributed by atoms with van der Waals surface area (Å²) >= 11 is 1.52. The Morgan fingerprint density at radius 3 is 2.52 bits per heavy atom. The average Bonchev–Trinajstić information content (AvgIpc) is 2.42. The van der Waals surface area contributed by atoms with Crippen molar-refractivity contribution in [1.29, 1.82) is 0 Å². The van der Waals surface area contributed by atoms with Crippen molar-refractivity contribution in [2.75, 3.05) is 5.75 Å². The summed E-state index contributed by atoms with van der Waals surface area (Å²) in [6, 6.07) is 6.52. The topological polar surface area (TPSA) is 42.0 Å². The Bertz CT molecular complexity index is 732. The van der Waals surface area contributed by atoms with Gasteiger partial charge in [0.25, 0.3) is 0 Å². The van der Waals surface area contributed by atoms with Crippen molar-refractivity contribution >= 4 is 28.6 Å². The Morgan fingerprint density at radius 2 is 1.91 bits per heavy atom. The lowest BCUT2D eigenvalue weighted by atomic mass is 10.0. The van der Waals surface area contributed by atoms with Crippen LogP contribution < -0.4 is 5.32 Å². The standard InChI is InChI=1S/C19H26N2OS/c1-7-14-10-15-13(3)8-12(2)9-16(15)20-18(14)23-11-17(22)21-19(4,5)6/h8-10H,7,11H2,1-6H3,(H,21,22). The number of aromatic nitrogens is 1. The molecule has 2 aromatic rings. The molecule has 2 rings (SSSR count). The van der Waals surface area contributed by atoms with Gasteiger partial charge in [0.05, 0.1) is 11.3 Å². The van der Waals surface area contributed by atoms with Crippen LogP contribution in [0.4, 0.5) is 0 Å². The number of hydrogen-bond acceptors (Lipinski definition) is 3. The average molecular weight is 330 g/mol. The molecule has 1 amide bonds. The highest BCUT2D eigenvalue weighted by atomic mass is 32.2. The summed E-state index contributed by atoms with van der Waals surface area (Å²) < 4.78 is 0. The summed E-state index contributed by atoms with van der Waals surface area (Å²) in [5.74, 6) is 0.444. The third-order valence-corrected chi connectivity index (χ3v) is 4.59. The molecule has 1 heterocycles. The first kappa shape index (κ1) is 17.8. The molecular weight excluding hydrogens is 304 g/mol. The van der Waals surface area contributed by atoms with Crippen LogP contribution in [0.25, 0.3) is 10.9 Å². The van der Waals surface area contributed by atoms with E-state index in [0.717, 1.165) is 17.0 Å². The van der Waals surface area contributed by atoms with E-state index in [1.807, 2.05) is 20.8 Å². The second kappa shape index (κ2) is 6.91. The quantitative estimate of drug-likeness (QED) is 0.844. The lowest BCUT2D eigenvalue weighted by molar-refractivity contribution is -0.119. The van der Waals surface area contributed by atoms with E-state index in [-0.39, 0.29) is 11.4 Å². The van der Waals surface area contributed by atoms with Gasteiger partial charge in [-0.1, -0.05) is 24.8 Å². The van der Waals surface area contributed by atoms with E-state index in [9.17, 15) is 4.79 Å². The molecule has 0 unspecified atom stereocenters. The van der Waals surface area contributed by atoms with Crippen molar-refractivity contribution in [1.82, 2.24) is 10.3 Å². The van der Waals surface area contributed by atoms with Crippen LogP contribution in [0.1, 0.15) is 44.4 Å². The van der Waals surface area contributed by atoms with Crippen LogP contribution in [-0.4, -0.2) is 22.2 Å². The maximum absolute atomic E-state index is 12.0. The molecule has 0 fully saturated rings. The van der Waals surface area contributed by atoms with E-state index in [4.69, 9.17) is 4.98 Å². The molecule has 4 heteroatoms. The van der Waals surface area contributed by atoms with Gasteiger partial charge in [-0.25, -0.2) is 4.98 Å². The Balaban J connectivity index is 2.27. The zero-order chi connectivity index (χ0) is 17.2. The number of nitrogens with one attached hydrogen (secondary N) is 1. The van der Waals surface area contributed by atoms with E-state index < -0.39 is 0 Å². The molecule has 0 aliphatic rings. The SMILES string of the molecule is CCc1cc2c(C)cc(C)cc2nc1SCC(=O)NC(C)(C)C. The minimum Gasteiger partial charge on any atom is -0.351 e. The Kier molecular flexibility index (Phi) is 5.35. The molecule has 0 bridgehead atoms. The summed E-state index contributed by atoms with van der Waals surface area (Å²) in [7, 11) is 0. The molecule has 1 aromatic carbocycles. The molecule has 23 heavy (non-hydrogen) atoms. The predicted octanol–water partition coefficient (Wildman–Crippen LogP) is 4.42. The minimum absolute atomic E-state index is 0.0480. The van der Waals surface area contributed by atoms with E-state index in [1.165, 1.54) is 33.8 Å².